The normalized spacial score (nSPS) is 20.5. The molecule has 2 heteroatoms. The third kappa shape index (κ3) is 3.83. The van der Waals surface area contributed by atoms with Gasteiger partial charge >= 0.3 is 0 Å². The van der Waals surface area contributed by atoms with Gasteiger partial charge in [0.05, 0.1) is 0 Å². The summed E-state index contributed by atoms with van der Waals surface area (Å²) in [5.41, 5.74) is 3.49. The van der Waals surface area contributed by atoms with Crippen LogP contribution in [0.1, 0.15) is 37.8 Å². The van der Waals surface area contributed by atoms with E-state index in [1.807, 2.05) is 0 Å². The van der Waals surface area contributed by atoms with Gasteiger partial charge in [0.15, 0.2) is 0 Å². The molecule has 110 valence electrons. The van der Waals surface area contributed by atoms with Gasteiger partial charge in [-0.05, 0) is 42.2 Å². The van der Waals surface area contributed by atoms with Gasteiger partial charge in [-0.15, -0.1) is 0 Å². The van der Waals surface area contributed by atoms with Crippen molar-refractivity contribution in [2.75, 3.05) is 26.2 Å². The van der Waals surface area contributed by atoms with Crippen molar-refractivity contribution in [3.63, 3.8) is 0 Å². The fourth-order valence-electron chi connectivity index (χ4n) is 3.24. The van der Waals surface area contributed by atoms with E-state index in [1.54, 1.807) is 11.1 Å². The minimum Gasteiger partial charge on any atom is -0.313 e. The van der Waals surface area contributed by atoms with E-state index in [9.17, 15) is 0 Å². The summed E-state index contributed by atoms with van der Waals surface area (Å²) in [5, 5.41) is 3.69. The van der Waals surface area contributed by atoms with Crippen molar-refractivity contribution >= 4 is 0 Å². The summed E-state index contributed by atoms with van der Waals surface area (Å²) in [6, 6.07) is 9.79. The number of benzene rings is 1. The van der Waals surface area contributed by atoms with Crippen molar-refractivity contribution in [3.05, 3.63) is 35.4 Å². The molecule has 0 saturated heterocycles. The molecule has 1 saturated carbocycles. The Morgan fingerprint density at radius 2 is 1.70 bits per heavy atom. The zero-order valence-electron chi connectivity index (χ0n) is 13.0. The van der Waals surface area contributed by atoms with E-state index >= 15 is 0 Å². The lowest BCUT2D eigenvalue weighted by Crippen LogP contribution is -2.42. The molecule has 0 unspecified atom stereocenters. The predicted octanol–water partition coefficient (Wildman–Crippen LogP) is 2.87. The summed E-state index contributed by atoms with van der Waals surface area (Å²) in [7, 11) is 0. The van der Waals surface area contributed by atoms with Crippen LogP contribution in [0.5, 0.6) is 0 Å². The topological polar surface area (TPSA) is 15.3 Å². The Balaban J connectivity index is 1.53. The van der Waals surface area contributed by atoms with Gasteiger partial charge in [0.2, 0.25) is 0 Å². The molecule has 1 aliphatic heterocycles. The lowest BCUT2D eigenvalue weighted by molar-refractivity contribution is 0.180. The van der Waals surface area contributed by atoms with Crippen LogP contribution >= 0.6 is 0 Å². The highest BCUT2D eigenvalue weighted by molar-refractivity contribution is 5.28. The fourth-order valence-corrected chi connectivity index (χ4v) is 3.24. The molecule has 2 aliphatic rings. The molecule has 0 atom stereocenters. The van der Waals surface area contributed by atoms with E-state index in [0.717, 1.165) is 12.6 Å². The molecule has 1 heterocycles. The van der Waals surface area contributed by atoms with Gasteiger partial charge in [0.1, 0.15) is 0 Å². The Kier molecular flexibility index (Phi) is 4.13. The lowest BCUT2D eigenvalue weighted by atomic mass is 9.92. The number of nitrogens with zero attached hydrogens (tertiary/aromatic N) is 1. The minimum atomic E-state index is 0.374. The van der Waals surface area contributed by atoms with Crippen LogP contribution in [-0.2, 0) is 12.8 Å². The zero-order chi connectivity index (χ0) is 14.0. The van der Waals surface area contributed by atoms with Gasteiger partial charge in [0.25, 0.3) is 0 Å². The van der Waals surface area contributed by atoms with Crippen molar-refractivity contribution in [3.8, 4) is 0 Å². The van der Waals surface area contributed by atoms with Crippen LogP contribution in [-0.4, -0.2) is 37.1 Å². The predicted molar refractivity (Wildman–Crippen MR) is 85.1 cm³/mol. The molecule has 1 aliphatic carbocycles. The van der Waals surface area contributed by atoms with E-state index < -0.39 is 0 Å². The second-order valence-corrected chi connectivity index (χ2v) is 7.36. The van der Waals surface area contributed by atoms with Crippen LogP contribution < -0.4 is 5.32 Å². The molecular weight excluding hydrogens is 244 g/mol. The van der Waals surface area contributed by atoms with Gasteiger partial charge in [-0.25, -0.2) is 0 Å². The Morgan fingerprint density at radius 1 is 1.10 bits per heavy atom. The van der Waals surface area contributed by atoms with Gasteiger partial charge in [-0.3, -0.25) is 0 Å². The number of hydrogen-bond donors (Lipinski definition) is 1. The van der Waals surface area contributed by atoms with E-state index in [4.69, 9.17) is 0 Å². The maximum atomic E-state index is 3.69. The molecule has 1 fully saturated rings. The molecule has 1 aromatic carbocycles. The molecule has 0 spiro atoms. The van der Waals surface area contributed by atoms with E-state index in [1.165, 1.54) is 45.3 Å². The smallest absolute Gasteiger partial charge is 0.00684 e. The van der Waals surface area contributed by atoms with Crippen LogP contribution in [0.4, 0.5) is 0 Å². The number of hydrogen-bond acceptors (Lipinski definition) is 2. The van der Waals surface area contributed by atoms with Crippen LogP contribution in [0.25, 0.3) is 0 Å². The standard InChI is InChI=1S/C18H28N2/c1-18(2,13-19-17-7-8-17)14-20-11-9-15-5-3-4-6-16(15)10-12-20/h3-6,17,19H,7-14H2,1-2H3. The Morgan fingerprint density at radius 3 is 2.25 bits per heavy atom. The summed E-state index contributed by atoms with van der Waals surface area (Å²) < 4.78 is 0. The molecule has 1 aromatic rings. The Labute approximate surface area is 123 Å². The highest BCUT2D eigenvalue weighted by atomic mass is 15.1. The molecule has 0 amide bonds. The van der Waals surface area contributed by atoms with Gasteiger partial charge in [0, 0.05) is 32.2 Å². The molecule has 2 nitrogen and oxygen atoms in total. The summed E-state index contributed by atoms with van der Waals surface area (Å²) in [4.78, 5) is 2.66. The molecule has 3 rings (SSSR count). The van der Waals surface area contributed by atoms with Crippen molar-refractivity contribution in [1.29, 1.82) is 0 Å². The summed E-state index contributed by atoms with van der Waals surface area (Å²) in [6.07, 6.45) is 5.19. The second kappa shape index (κ2) is 5.87. The highest BCUT2D eigenvalue weighted by Crippen LogP contribution is 2.24. The van der Waals surface area contributed by atoms with Crippen LogP contribution in [0.2, 0.25) is 0 Å². The number of fused-ring (bicyclic) bond motifs is 1. The first-order valence-electron chi connectivity index (χ1n) is 8.15. The third-order valence-corrected chi connectivity index (χ3v) is 4.61. The van der Waals surface area contributed by atoms with Crippen LogP contribution in [0, 0.1) is 5.41 Å². The lowest BCUT2D eigenvalue weighted by Gasteiger charge is -2.32. The maximum Gasteiger partial charge on any atom is 0.00684 e. The van der Waals surface area contributed by atoms with Crippen LogP contribution in [0.15, 0.2) is 24.3 Å². The second-order valence-electron chi connectivity index (χ2n) is 7.36. The van der Waals surface area contributed by atoms with Crippen LogP contribution in [0.3, 0.4) is 0 Å². The number of nitrogens with one attached hydrogen (secondary N) is 1. The molecule has 0 bridgehead atoms. The first-order chi connectivity index (χ1) is 9.62. The first-order valence-corrected chi connectivity index (χ1v) is 8.15. The van der Waals surface area contributed by atoms with Crippen molar-refractivity contribution < 1.29 is 0 Å². The van der Waals surface area contributed by atoms with Crippen molar-refractivity contribution in [1.82, 2.24) is 10.2 Å². The average molecular weight is 272 g/mol. The summed E-state index contributed by atoms with van der Waals surface area (Å²) >= 11 is 0. The third-order valence-electron chi connectivity index (χ3n) is 4.61. The summed E-state index contributed by atoms with van der Waals surface area (Å²) in [6.45, 7) is 9.59. The molecule has 0 aromatic heterocycles. The molecule has 20 heavy (non-hydrogen) atoms. The van der Waals surface area contributed by atoms with E-state index in [2.05, 4.69) is 48.3 Å². The molecular formula is C18H28N2. The average Bonchev–Trinajstić information content (AvgIpc) is 3.24. The largest absolute Gasteiger partial charge is 0.313 e. The van der Waals surface area contributed by atoms with Crippen molar-refractivity contribution in [2.45, 2.75) is 45.6 Å². The Bertz CT molecular complexity index is 421. The summed E-state index contributed by atoms with van der Waals surface area (Å²) in [5.74, 6) is 0. The molecule has 0 radical (unpaired) electrons. The maximum absolute atomic E-state index is 3.69. The number of rotatable bonds is 5. The SMILES string of the molecule is CC(C)(CNC1CC1)CN1CCc2ccccc2CC1. The van der Waals surface area contributed by atoms with Gasteiger partial charge in [-0.1, -0.05) is 38.1 Å². The molecule has 1 N–H and O–H groups in total. The minimum absolute atomic E-state index is 0.374. The van der Waals surface area contributed by atoms with Crippen molar-refractivity contribution in [2.24, 2.45) is 5.41 Å². The monoisotopic (exact) mass is 272 g/mol. The Hall–Kier alpha value is -0.860. The fraction of sp³-hybridized carbons (Fsp3) is 0.667. The zero-order valence-corrected chi connectivity index (χ0v) is 13.0. The van der Waals surface area contributed by atoms with E-state index in [-0.39, 0.29) is 0 Å². The van der Waals surface area contributed by atoms with Gasteiger partial charge < -0.3 is 10.2 Å². The first kappa shape index (κ1) is 14.1. The van der Waals surface area contributed by atoms with Gasteiger partial charge in [-0.2, -0.15) is 0 Å². The van der Waals surface area contributed by atoms with E-state index in [0.29, 0.717) is 5.41 Å². The highest BCUT2D eigenvalue weighted by Gasteiger charge is 2.27. The quantitative estimate of drug-likeness (QED) is 0.886.